The maximum absolute atomic E-state index is 12.7. The first-order valence-electron chi connectivity index (χ1n) is 5.93. The highest BCUT2D eigenvalue weighted by molar-refractivity contribution is 5.70. The molecule has 0 N–H and O–H groups in total. The van der Waals surface area contributed by atoms with Gasteiger partial charge in [0.25, 0.3) is 0 Å². The Bertz CT molecular complexity index is 744. The molecule has 120 valence electrons. The van der Waals surface area contributed by atoms with Gasteiger partial charge < -0.3 is 4.74 Å². The van der Waals surface area contributed by atoms with Crippen LogP contribution in [-0.4, -0.2) is 11.3 Å². The Kier molecular flexibility index (Phi) is 4.18. The van der Waals surface area contributed by atoms with Crippen LogP contribution in [0.15, 0.2) is 36.5 Å². The fourth-order valence-electron chi connectivity index (χ4n) is 1.77. The number of ether oxygens (including phenoxy) is 1. The van der Waals surface area contributed by atoms with Crippen molar-refractivity contribution in [3.8, 4) is 22.9 Å². The fraction of sp³-hybridized carbons (Fsp3) is 0.143. The van der Waals surface area contributed by atoms with Gasteiger partial charge in [-0.15, -0.1) is 13.2 Å². The second kappa shape index (κ2) is 5.79. The molecule has 0 radical (unpaired) electrons. The molecule has 1 aromatic carbocycles. The van der Waals surface area contributed by atoms with E-state index in [1.54, 1.807) is 6.07 Å². The summed E-state index contributed by atoms with van der Waals surface area (Å²) in [5.41, 5.74) is -1.37. The molecule has 2 aromatic rings. The van der Waals surface area contributed by atoms with Crippen LogP contribution in [0.2, 0.25) is 0 Å². The molecule has 2 rings (SSSR count). The van der Waals surface area contributed by atoms with Crippen LogP contribution < -0.4 is 4.74 Å². The van der Waals surface area contributed by atoms with Crippen LogP contribution in [0.5, 0.6) is 5.75 Å². The van der Waals surface area contributed by atoms with Crippen LogP contribution in [0.4, 0.5) is 26.3 Å². The van der Waals surface area contributed by atoms with Crippen molar-refractivity contribution in [2.24, 2.45) is 0 Å². The van der Waals surface area contributed by atoms with Gasteiger partial charge >= 0.3 is 12.5 Å². The highest BCUT2D eigenvalue weighted by Crippen LogP contribution is 2.33. The predicted octanol–water partition coefficient (Wildman–Crippen LogP) is 4.54. The van der Waals surface area contributed by atoms with Gasteiger partial charge in [0, 0.05) is 11.8 Å². The molecule has 0 unspecified atom stereocenters. The monoisotopic (exact) mass is 332 g/mol. The fourth-order valence-corrected chi connectivity index (χ4v) is 1.77. The summed E-state index contributed by atoms with van der Waals surface area (Å²) in [5, 5.41) is 8.91. The topological polar surface area (TPSA) is 45.9 Å². The normalized spacial score (nSPS) is 11.9. The van der Waals surface area contributed by atoms with Gasteiger partial charge in [0.05, 0.1) is 5.56 Å². The molecule has 0 aliphatic heterocycles. The number of nitrogens with zero attached hydrogens (tertiary/aromatic N) is 2. The average molecular weight is 332 g/mol. The zero-order chi connectivity index (χ0) is 17.3. The van der Waals surface area contributed by atoms with Gasteiger partial charge in [-0.1, -0.05) is 12.1 Å². The van der Waals surface area contributed by atoms with E-state index in [2.05, 4.69) is 9.72 Å². The standard InChI is InChI=1S/C14H6F6N2O/c15-13(16,17)9-5-11(12(6-21)22-7-9)8-1-3-10(4-2-8)23-14(18,19)20/h1-5,7H. The zero-order valence-electron chi connectivity index (χ0n) is 11.0. The number of nitriles is 1. The van der Waals surface area contributed by atoms with Gasteiger partial charge in [-0.2, -0.15) is 18.4 Å². The Morgan fingerprint density at radius 2 is 1.61 bits per heavy atom. The second-order valence-corrected chi connectivity index (χ2v) is 4.30. The highest BCUT2D eigenvalue weighted by Gasteiger charge is 2.32. The van der Waals surface area contributed by atoms with Crippen LogP contribution in [0, 0.1) is 11.3 Å². The molecular weight excluding hydrogens is 326 g/mol. The van der Waals surface area contributed by atoms with Gasteiger partial charge in [-0.05, 0) is 23.8 Å². The van der Waals surface area contributed by atoms with E-state index in [0.717, 1.165) is 24.3 Å². The Hall–Kier alpha value is -2.76. The van der Waals surface area contributed by atoms with Crippen molar-refractivity contribution in [1.82, 2.24) is 4.98 Å². The molecule has 1 aromatic heterocycles. The molecule has 9 heteroatoms. The molecule has 0 saturated heterocycles. The summed E-state index contributed by atoms with van der Waals surface area (Å²) in [4.78, 5) is 3.43. The van der Waals surface area contributed by atoms with Crippen molar-refractivity contribution < 1.29 is 31.1 Å². The summed E-state index contributed by atoms with van der Waals surface area (Å²) in [6, 6.07) is 6.44. The van der Waals surface area contributed by atoms with Crippen LogP contribution in [0.1, 0.15) is 11.3 Å². The number of aromatic nitrogens is 1. The Labute approximate surface area is 125 Å². The van der Waals surface area contributed by atoms with Crippen LogP contribution in [-0.2, 0) is 6.18 Å². The third-order valence-electron chi connectivity index (χ3n) is 2.72. The lowest BCUT2D eigenvalue weighted by atomic mass is 10.0. The van der Waals surface area contributed by atoms with Crippen LogP contribution in [0.3, 0.4) is 0 Å². The lowest BCUT2D eigenvalue weighted by Gasteiger charge is -2.11. The molecule has 23 heavy (non-hydrogen) atoms. The minimum Gasteiger partial charge on any atom is -0.406 e. The average Bonchev–Trinajstić information content (AvgIpc) is 2.45. The SMILES string of the molecule is N#Cc1ncc(C(F)(F)F)cc1-c1ccc(OC(F)(F)F)cc1. The quantitative estimate of drug-likeness (QED) is 0.759. The molecule has 0 amide bonds. The second-order valence-electron chi connectivity index (χ2n) is 4.30. The molecule has 0 atom stereocenters. The number of halogens is 6. The third kappa shape index (κ3) is 4.12. The van der Waals surface area contributed by atoms with Gasteiger partial charge in [0.2, 0.25) is 0 Å². The smallest absolute Gasteiger partial charge is 0.406 e. The summed E-state index contributed by atoms with van der Waals surface area (Å²) in [5.74, 6) is -0.528. The van der Waals surface area contributed by atoms with E-state index in [0.29, 0.717) is 12.3 Å². The number of hydrogen-bond donors (Lipinski definition) is 0. The minimum atomic E-state index is -4.88. The first-order valence-corrected chi connectivity index (χ1v) is 5.93. The van der Waals surface area contributed by atoms with E-state index in [4.69, 9.17) is 5.26 Å². The lowest BCUT2D eigenvalue weighted by Crippen LogP contribution is -2.16. The maximum Gasteiger partial charge on any atom is 0.573 e. The van der Waals surface area contributed by atoms with Gasteiger partial charge in [0.15, 0.2) is 0 Å². The van der Waals surface area contributed by atoms with Crippen molar-refractivity contribution in [1.29, 1.82) is 5.26 Å². The highest BCUT2D eigenvalue weighted by atomic mass is 19.4. The summed E-state index contributed by atoms with van der Waals surface area (Å²) >= 11 is 0. The number of rotatable bonds is 2. The number of benzene rings is 1. The summed E-state index contributed by atoms with van der Waals surface area (Å²) in [6.45, 7) is 0. The van der Waals surface area contributed by atoms with Gasteiger partial charge in [0.1, 0.15) is 17.5 Å². The van der Waals surface area contributed by atoms with Gasteiger partial charge in [-0.25, -0.2) is 4.98 Å². The van der Waals surface area contributed by atoms with Crippen molar-refractivity contribution in [3.63, 3.8) is 0 Å². The Morgan fingerprint density at radius 3 is 2.09 bits per heavy atom. The summed E-state index contributed by atoms with van der Waals surface area (Å²) in [7, 11) is 0. The van der Waals surface area contributed by atoms with E-state index >= 15 is 0 Å². The van der Waals surface area contributed by atoms with Crippen molar-refractivity contribution in [3.05, 3.63) is 47.8 Å². The Balaban J connectivity index is 2.43. The molecule has 0 aliphatic carbocycles. The van der Waals surface area contributed by atoms with E-state index < -0.39 is 23.9 Å². The summed E-state index contributed by atoms with van der Waals surface area (Å²) in [6.07, 6.45) is -9.02. The largest absolute Gasteiger partial charge is 0.573 e. The lowest BCUT2D eigenvalue weighted by molar-refractivity contribution is -0.274. The first kappa shape index (κ1) is 16.6. The molecule has 3 nitrogen and oxygen atoms in total. The molecule has 1 heterocycles. The van der Waals surface area contributed by atoms with Crippen molar-refractivity contribution in [2.75, 3.05) is 0 Å². The molecular formula is C14H6F6N2O. The maximum atomic E-state index is 12.7. The molecule has 0 aliphatic rings. The number of hydrogen-bond acceptors (Lipinski definition) is 3. The van der Waals surface area contributed by atoms with Crippen molar-refractivity contribution in [2.45, 2.75) is 12.5 Å². The minimum absolute atomic E-state index is 0.106. The van der Waals surface area contributed by atoms with E-state index in [-0.39, 0.29) is 16.8 Å². The van der Waals surface area contributed by atoms with E-state index in [9.17, 15) is 26.3 Å². The van der Waals surface area contributed by atoms with Crippen LogP contribution >= 0.6 is 0 Å². The summed E-state index contributed by atoms with van der Waals surface area (Å²) < 4.78 is 78.0. The van der Waals surface area contributed by atoms with Crippen molar-refractivity contribution >= 4 is 0 Å². The van der Waals surface area contributed by atoms with E-state index in [1.165, 1.54) is 0 Å². The molecule has 0 saturated carbocycles. The first-order chi connectivity index (χ1) is 10.6. The predicted molar refractivity (Wildman–Crippen MR) is 66.1 cm³/mol. The Morgan fingerprint density at radius 1 is 1.00 bits per heavy atom. The molecule has 0 bridgehead atoms. The third-order valence-corrected chi connectivity index (χ3v) is 2.72. The zero-order valence-corrected chi connectivity index (χ0v) is 11.0. The van der Waals surface area contributed by atoms with Crippen LogP contribution in [0.25, 0.3) is 11.1 Å². The van der Waals surface area contributed by atoms with E-state index in [1.807, 2.05) is 0 Å². The number of alkyl halides is 6. The number of pyridine rings is 1. The molecule has 0 fully saturated rings. The van der Waals surface area contributed by atoms with Gasteiger partial charge in [-0.3, -0.25) is 0 Å². The molecule has 0 spiro atoms.